The van der Waals surface area contributed by atoms with E-state index in [1.165, 1.54) is 11.1 Å². The average molecular weight is 254 g/mol. The van der Waals surface area contributed by atoms with Crippen LogP contribution >= 0.6 is 0 Å². The van der Waals surface area contributed by atoms with Gasteiger partial charge in [0.1, 0.15) is 0 Å². The summed E-state index contributed by atoms with van der Waals surface area (Å²) in [5.41, 5.74) is 1.04. The molecule has 0 bridgehead atoms. The van der Waals surface area contributed by atoms with Crippen LogP contribution < -0.4 is 0 Å². The van der Waals surface area contributed by atoms with Crippen molar-refractivity contribution in [1.82, 2.24) is 0 Å². The molecular weight excluding hydrogens is 240 g/mol. The number of ether oxygens (including phenoxy) is 1. The van der Waals surface area contributed by atoms with Crippen molar-refractivity contribution in [3.8, 4) is 0 Å². The molecule has 2 atom stereocenters. The third-order valence-electron chi connectivity index (χ3n) is 5.09. The molecule has 2 aliphatic carbocycles. The van der Waals surface area contributed by atoms with E-state index in [1.807, 2.05) is 24.3 Å². The lowest BCUT2D eigenvalue weighted by atomic mass is 9.52. The minimum Gasteiger partial charge on any atom is -0.392 e. The van der Waals surface area contributed by atoms with Crippen LogP contribution in [-0.2, 0) is 27.2 Å². The minimum atomic E-state index is -0.660. The van der Waals surface area contributed by atoms with Crippen molar-refractivity contribution in [3.05, 3.63) is 47.5 Å². The first-order valence-electron chi connectivity index (χ1n) is 6.66. The number of carbonyl (C=O) groups is 2. The average Bonchev–Trinajstić information content (AvgIpc) is 2.65. The summed E-state index contributed by atoms with van der Waals surface area (Å²) in [6, 6.07) is 8.09. The Morgan fingerprint density at radius 1 is 0.842 bits per heavy atom. The standard InChI is InChI=1S/C16H14O3/c17-13-15-7-3-4-8-16(15,14(18)19-13)10-12-6-2-1-5-11(12)9-15/h1-6H,7-10H2/t15-,16-/m1/s1. The molecule has 1 aromatic carbocycles. The summed E-state index contributed by atoms with van der Waals surface area (Å²) >= 11 is 0. The largest absolute Gasteiger partial charge is 0.392 e. The van der Waals surface area contributed by atoms with Crippen LogP contribution in [0.4, 0.5) is 0 Å². The summed E-state index contributed by atoms with van der Waals surface area (Å²) < 4.78 is 5.05. The predicted octanol–water partition coefficient (Wildman–Crippen LogP) is 2.19. The zero-order valence-electron chi connectivity index (χ0n) is 10.5. The molecule has 1 saturated heterocycles. The zero-order chi connectivity index (χ0) is 13.1. The molecule has 0 unspecified atom stereocenters. The van der Waals surface area contributed by atoms with Gasteiger partial charge in [0.2, 0.25) is 0 Å². The summed E-state index contributed by atoms with van der Waals surface area (Å²) in [6.07, 6.45) is 6.52. The first kappa shape index (κ1) is 11.0. The first-order valence-corrected chi connectivity index (χ1v) is 6.66. The molecule has 0 aromatic heterocycles. The zero-order valence-corrected chi connectivity index (χ0v) is 10.5. The Morgan fingerprint density at radius 3 is 1.79 bits per heavy atom. The third kappa shape index (κ3) is 1.14. The van der Waals surface area contributed by atoms with Gasteiger partial charge in [-0.05, 0) is 36.8 Å². The molecule has 4 rings (SSSR count). The van der Waals surface area contributed by atoms with Gasteiger partial charge in [0, 0.05) is 0 Å². The monoisotopic (exact) mass is 254 g/mol. The van der Waals surface area contributed by atoms with Gasteiger partial charge < -0.3 is 4.74 Å². The third-order valence-corrected chi connectivity index (χ3v) is 5.09. The second-order valence-corrected chi connectivity index (χ2v) is 5.84. The predicted molar refractivity (Wildman–Crippen MR) is 68.2 cm³/mol. The van der Waals surface area contributed by atoms with Crippen molar-refractivity contribution in [2.75, 3.05) is 0 Å². The summed E-state index contributed by atoms with van der Waals surface area (Å²) in [7, 11) is 0. The number of hydrogen-bond acceptors (Lipinski definition) is 3. The van der Waals surface area contributed by atoms with Crippen LogP contribution in [0.3, 0.4) is 0 Å². The first-order chi connectivity index (χ1) is 9.18. The fourth-order valence-corrected chi connectivity index (χ4v) is 3.98. The molecule has 0 amide bonds. The molecule has 1 aliphatic heterocycles. The van der Waals surface area contributed by atoms with E-state index in [-0.39, 0.29) is 11.9 Å². The van der Waals surface area contributed by atoms with Crippen LogP contribution in [0.1, 0.15) is 24.0 Å². The SMILES string of the molecule is O=C1OC(=O)[C@]23CC=CC[C@@]12Cc1ccccc1C3. The Hall–Kier alpha value is -1.90. The van der Waals surface area contributed by atoms with Crippen LogP contribution in [0.2, 0.25) is 0 Å². The highest BCUT2D eigenvalue weighted by Crippen LogP contribution is 2.60. The quantitative estimate of drug-likeness (QED) is 0.405. The van der Waals surface area contributed by atoms with E-state index in [9.17, 15) is 9.59 Å². The molecule has 1 fully saturated rings. The Morgan fingerprint density at radius 2 is 1.32 bits per heavy atom. The van der Waals surface area contributed by atoms with E-state index in [0.29, 0.717) is 25.7 Å². The van der Waals surface area contributed by atoms with Gasteiger partial charge in [-0.1, -0.05) is 36.4 Å². The van der Waals surface area contributed by atoms with Gasteiger partial charge in [-0.15, -0.1) is 0 Å². The van der Waals surface area contributed by atoms with Crippen molar-refractivity contribution in [2.45, 2.75) is 25.7 Å². The smallest absolute Gasteiger partial charge is 0.321 e. The molecule has 0 saturated carbocycles. The summed E-state index contributed by atoms with van der Waals surface area (Å²) in [5.74, 6) is -0.646. The number of fused-ring (bicyclic) bond motifs is 1. The second kappa shape index (κ2) is 3.35. The lowest BCUT2D eigenvalue weighted by molar-refractivity contribution is -0.155. The summed E-state index contributed by atoms with van der Waals surface area (Å²) in [5, 5.41) is 0. The Bertz CT molecular complexity index is 578. The van der Waals surface area contributed by atoms with Crippen LogP contribution in [0, 0.1) is 10.8 Å². The van der Waals surface area contributed by atoms with E-state index in [1.54, 1.807) is 0 Å². The number of rotatable bonds is 0. The van der Waals surface area contributed by atoms with E-state index in [4.69, 9.17) is 4.74 Å². The van der Waals surface area contributed by atoms with Crippen molar-refractivity contribution < 1.29 is 14.3 Å². The van der Waals surface area contributed by atoms with Crippen LogP contribution in [0.15, 0.2) is 36.4 Å². The van der Waals surface area contributed by atoms with E-state index in [2.05, 4.69) is 12.1 Å². The molecule has 1 aromatic rings. The fraction of sp³-hybridized carbons (Fsp3) is 0.375. The van der Waals surface area contributed by atoms with Crippen LogP contribution in [0.5, 0.6) is 0 Å². The Kier molecular flexibility index (Phi) is 1.93. The number of allylic oxidation sites excluding steroid dienone is 2. The maximum absolute atomic E-state index is 12.3. The van der Waals surface area contributed by atoms with Crippen molar-refractivity contribution >= 4 is 11.9 Å². The highest BCUT2D eigenvalue weighted by molar-refractivity contribution is 6.03. The molecule has 0 radical (unpaired) electrons. The van der Waals surface area contributed by atoms with Gasteiger partial charge in [0.05, 0.1) is 10.8 Å². The molecule has 3 heteroatoms. The van der Waals surface area contributed by atoms with Crippen molar-refractivity contribution in [2.24, 2.45) is 10.8 Å². The van der Waals surface area contributed by atoms with Crippen molar-refractivity contribution in [3.63, 3.8) is 0 Å². The Labute approximate surface area is 111 Å². The number of cyclic esters (lactones) is 2. The highest BCUT2D eigenvalue weighted by atomic mass is 16.6. The normalized spacial score (nSPS) is 35.4. The van der Waals surface area contributed by atoms with Gasteiger partial charge in [0.15, 0.2) is 0 Å². The van der Waals surface area contributed by atoms with Gasteiger partial charge in [0.25, 0.3) is 0 Å². The number of hydrogen-bond donors (Lipinski definition) is 0. The van der Waals surface area contributed by atoms with E-state index < -0.39 is 10.8 Å². The molecule has 0 spiro atoms. The van der Waals surface area contributed by atoms with E-state index >= 15 is 0 Å². The van der Waals surface area contributed by atoms with Crippen LogP contribution in [0.25, 0.3) is 0 Å². The minimum absolute atomic E-state index is 0.323. The number of esters is 2. The highest BCUT2D eigenvalue weighted by Gasteiger charge is 2.69. The topological polar surface area (TPSA) is 43.4 Å². The lowest BCUT2D eigenvalue weighted by Crippen LogP contribution is -2.51. The molecule has 19 heavy (non-hydrogen) atoms. The lowest BCUT2D eigenvalue weighted by Gasteiger charge is -2.45. The molecular formula is C16H14O3. The molecule has 0 N–H and O–H groups in total. The van der Waals surface area contributed by atoms with Gasteiger partial charge in [-0.25, -0.2) is 0 Å². The van der Waals surface area contributed by atoms with Gasteiger partial charge >= 0.3 is 11.9 Å². The molecule has 3 nitrogen and oxygen atoms in total. The molecule has 3 aliphatic rings. The number of carbonyl (C=O) groups excluding carboxylic acids is 2. The second-order valence-electron chi connectivity index (χ2n) is 5.84. The fourth-order valence-electron chi connectivity index (χ4n) is 3.98. The maximum Gasteiger partial charge on any atom is 0.321 e. The van der Waals surface area contributed by atoms with Crippen molar-refractivity contribution in [1.29, 1.82) is 0 Å². The number of benzene rings is 1. The van der Waals surface area contributed by atoms with Crippen LogP contribution in [-0.4, -0.2) is 11.9 Å². The molecule has 96 valence electrons. The van der Waals surface area contributed by atoms with Gasteiger partial charge in [-0.3, -0.25) is 9.59 Å². The summed E-state index contributed by atoms with van der Waals surface area (Å²) in [6.45, 7) is 0. The Balaban J connectivity index is 1.97. The van der Waals surface area contributed by atoms with Gasteiger partial charge in [-0.2, -0.15) is 0 Å². The maximum atomic E-state index is 12.3. The molecule has 1 heterocycles. The van der Waals surface area contributed by atoms with E-state index in [0.717, 1.165) is 0 Å². The summed E-state index contributed by atoms with van der Waals surface area (Å²) in [4.78, 5) is 24.6.